The Hall–Kier alpha value is -2.55. The molecule has 0 atom stereocenters. The van der Waals surface area contributed by atoms with Gasteiger partial charge in [-0.3, -0.25) is 4.79 Å². The number of fused-ring (bicyclic) bond motifs is 1. The molecule has 1 aliphatic carbocycles. The largest absolute Gasteiger partial charge is 0.482 e. The Morgan fingerprint density at radius 3 is 2.45 bits per heavy atom. The highest BCUT2D eigenvalue weighted by molar-refractivity contribution is 5.79. The molecule has 0 unspecified atom stereocenters. The third-order valence-corrected chi connectivity index (χ3v) is 6.87. The van der Waals surface area contributed by atoms with Crippen LogP contribution in [0.15, 0.2) is 54.6 Å². The Morgan fingerprint density at radius 2 is 1.69 bits per heavy atom. The summed E-state index contributed by atoms with van der Waals surface area (Å²) in [5.74, 6) is 1.60. The van der Waals surface area contributed by atoms with Crippen molar-refractivity contribution in [2.24, 2.45) is 5.92 Å². The van der Waals surface area contributed by atoms with E-state index in [9.17, 15) is 4.79 Å². The van der Waals surface area contributed by atoms with Crippen LogP contribution in [0.3, 0.4) is 0 Å². The van der Waals surface area contributed by atoms with Crippen LogP contribution >= 0.6 is 0 Å². The van der Waals surface area contributed by atoms with Gasteiger partial charge in [0.1, 0.15) is 11.4 Å². The highest BCUT2D eigenvalue weighted by atomic mass is 16.5. The highest BCUT2D eigenvalue weighted by Gasteiger charge is 2.39. The van der Waals surface area contributed by atoms with Gasteiger partial charge in [-0.2, -0.15) is 0 Å². The van der Waals surface area contributed by atoms with Gasteiger partial charge in [0.05, 0.1) is 0 Å². The number of hydrogen-bond donors (Lipinski definition) is 0. The molecule has 150 valence electrons. The fraction of sp³-hybridized carbons (Fsp3) is 0.423. The van der Waals surface area contributed by atoms with E-state index in [-0.39, 0.29) is 11.5 Å². The zero-order valence-corrected chi connectivity index (χ0v) is 17.0. The number of benzene rings is 2. The number of hydrogen-bond acceptors (Lipinski definition) is 2. The molecule has 0 aromatic heterocycles. The molecule has 2 aromatic carbocycles. The molecule has 0 radical (unpaired) electrons. The Balaban J connectivity index is 1.27. The first kappa shape index (κ1) is 18.5. The lowest BCUT2D eigenvalue weighted by Crippen LogP contribution is -2.50. The van der Waals surface area contributed by atoms with E-state index in [4.69, 9.17) is 4.74 Å². The van der Waals surface area contributed by atoms with Crippen LogP contribution in [0.2, 0.25) is 0 Å². The minimum Gasteiger partial charge on any atom is -0.482 e. The average Bonchev–Trinajstić information content (AvgIpc) is 2.80. The molecule has 3 nitrogen and oxygen atoms in total. The first-order valence-electron chi connectivity index (χ1n) is 11.1. The molecule has 2 fully saturated rings. The van der Waals surface area contributed by atoms with Gasteiger partial charge in [0, 0.05) is 37.4 Å². The summed E-state index contributed by atoms with van der Waals surface area (Å²) < 4.78 is 6.50. The summed E-state index contributed by atoms with van der Waals surface area (Å²) in [6.45, 7) is 1.61. The molecule has 5 rings (SSSR count). The SMILES string of the molecule is O=C(C1CCCCC1)N1CCC2(C=Cc3cc(-c4ccccc4)ccc3O2)CC1. The molecule has 1 spiro atoms. The van der Waals surface area contributed by atoms with Gasteiger partial charge < -0.3 is 9.64 Å². The molecule has 0 N–H and O–H groups in total. The second kappa shape index (κ2) is 7.70. The number of carbonyl (C=O) groups excluding carboxylic acids is 1. The Bertz CT molecular complexity index is 904. The van der Waals surface area contributed by atoms with Gasteiger partial charge in [0.15, 0.2) is 0 Å². The molecule has 2 aliphatic heterocycles. The molecule has 29 heavy (non-hydrogen) atoms. The first-order chi connectivity index (χ1) is 14.2. The maximum atomic E-state index is 12.9. The topological polar surface area (TPSA) is 29.5 Å². The summed E-state index contributed by atoms with van der Waals surface area (Å²) in [7, 11) is 0. The summed E-state index contributed by atoms with van der Waals surface area (Å²) in [6, 6.07) is 16.9. The highest BCUT2D eigenvalue weighted by Crippen LogP contribution is 2.39. The quantitative estimate of drug-likeness (QED) is 0.661. The molecular formula is C26H29NO2. The van der Waals surface area contributed by atoms with Crippen LogP contribution in [0.25, 0.3) is 17.2 Å². The standard InChI is InChI=1S/C26H29NO2/c28-25(21-9-5-2-6-10-21)27-17-15-26(16-18-27)14-13-23-19-22(11-12-24(23)29-26)20-7-3-1-4-8-20/h1,3-4,7-8,11-14,19,21H,2,5-6,9-10,15-18H2. The molecular weight excluding hydrogens is 358 g/mol. The van der Waals surface area contributed by atoms with Crippen molar-refractivity contribution in [1.29, 1.82) is 0 Å². The number of rotatable bonds is 2. The number of likely N-dealkylation sites (tertiary alicyclic amines) is 1. The van der Waals surface area contributed by atoms with Crippen molar-refractivity contribution in [3.63, 3.8) is 0 Å². The molecule has 1 amide bonds. The predicted molar refractivity (Wildman–Crippen MR) is 117 cm³/mol. The summed E-state index contributed by atoms with van der Waals surface area (Å²) in [4.78, 5) is 15.0. The fourth-order valence-electron chi connectivity index (χ4n) is 5.06. The smallest absolute Gasteiger partial charge is 0.225 e. The third-order valence-electron chi connectivity index (χ3n) is 6.87. The van der Waals surface area contributed by atoms with Crippen LogP contribution in [0.4, 0.5) is 0 Å². The monoisotopic (exact) mass is 387 g/mol. The number of nitrogens with zero attached hydrogens (tertiary/aromatic N) is 1. The van der Waals surface area contributed by atoms with Gasteiger partial charge in [0.2, 0.25) is 5.91 Å². The number of carbonyl (C=O) groups is 1. The summed E-state index contributed by atoms with van der Waals surface area (Å²) in [5, 5.41) is 0. The van der Waals surface area contributed by atoms with Crippen molar-refractivity contribution in [3.05, 3.63) is 60.2 Å². The van der Waals surface area contributed by atoms with Crippen molar-refractivity contribution in [1.82, 2.24) is 4.90 Å². The first-order valence-corrected chi connectivity index (χ1v) is 11.1. The zero-order valence-electron chi connectivity index (χ0n) is 17.0. The molecule has 2 heterocycles. The molecule has 3 aliphatic rings. The molecule has 2 aromatic rings. The second-order valence-electron chi connectivity index (χ2n) is 8.78. The van der Waals surface area contributed by atoms with E-state index in [0.717, 1.165) is 50.1 Å². The third kappa shape index (κ3) is 3.71. The average molecular weight is 388 g/mol. The number of ether oxygens (including phenoxy) is 1. The molecule has 3 heteroatoms. The maximum Gasteiger partial charge on any atom is 0.225 e. The van der Waals surface area contributed by atoms with Crippen LogP contribution in [0.5, 0.6) is 5.75 Å². The molecule has 0 bridgehead atoms. The van der Waals surface area contributed by atoms with Crippen molar-refractivity contribution in [2.75, 3.05) is 13.1 Å². The molecule has 1 saturated carbocycles. The normalized spacial score (nSPS) is 20.9. The van der Waals surface area contributed by atoms with Gasteiger partial charge in [-0.15, -0.1) is 0 Å². The number of piperidine rings is 1. The van der Waals surface area contributed by atoms with Gasteiger partial charge in [0.25, 0.3) is 0 Å². The maximum absolute atomic E-state index is 12.9. The van der Waals surface area contributed by atoms with Crippen LogP contribution in [0, 0.1) is 5.92 Å². The van der Waals surface area contributed by atoms with Crippen LogP contribution in [-0.2, 0) is 4.79 Å². The minimum absolute atomic E-state index is 0.259. The summed E-state index contributed by atoms with van der Waals surface area (Å²) in [5.41, 5.74) is 3.31. The van der Waals surface area contributed by atoms with E-state index in [1.54, 1.807) is 0 Å². The van der Waals surface area contributed by atoms with Gasteiger partial charge >= 0.3 is 0 Å². The van der Waals surface area contributed by atoms with Crippen molar-refractivity contribution >= 4 is 12.0 Å². The van der Waals surface area contributed by atoms with E-state index < -0.39 is 0 Å². The van der Waals surface area contributed by atoms with E-state index >= 15 is 0 Å². The number of amides is 1. The van der Waals surface area contributed by atoms with Crippen molar-refractivity contribution in [3.8, 4) is 16.9 Å². The lowest BCUT2D eigenvalue weighted by molar-refractivity contribution is -0.139. The van der Waals surface area contributed by atoms with Crippen LogP contribution in [-0.4, -0.2) is 29.5 Å². The lowest BCUT2D eigenvalue weighted by atomic mass is 9.85. The second-order valence-corrected chi connectivity index (χ2v) is 8.78. The Morgan fingerprint density at radius 1 is 0.931 bits per heavy atom. The Labute approximate surface area is 173 Å². The lowest BCUT2D eigenvalue weighted by Gasteiger charge is -2.43. The van der Waals surface area contributed by atoms with Gasteiger partial charge in [-0.05, 0) is 42.2 Å². The predicted octanol–water partition coefficient (Wildman–Crippen LogP) is 5.70. The minimum atomic E-state index is -0.259. The van der Waals surface area contributed by atoms with E-state index in [1.807, 2.05) is 6.07 Å². The van der Waals surface area contributed by atoms with E-state index in [2.05, 4.69) is 59.5 Å². The fourth-order valence-corrected chi connectivity index (χ4v) is 5.06. The van der Waals surface area contributed by atoms with E-state index in [0.29, 0.717) is 5.91 Å². The van der Waals surface area contributed by atoms with Crippen LogP contribution in [0.1, 0.15) is 50.5 Å². The summed E-state index contributed by atoms with van der Waals surface area (Å²) >= 11 is 0. The van der Waals surface area contributed by atoms with Crippen molar-refractivity contribution < 1.29 is 9.53 Å². The zero-order chi connectivity index (χ0) is 19.7. The van der Waals surface area contributed by atoms with Crippen molar-refractivity contribution in [2.45, 2.75) is 50.5 Å². The van der Waals surface area contributed by atoms with Gasteiger partial charge in [-0.25, -0.2) is 0 Å². The van der Waals surface area contributed by atoms with E-state index in [1.165, 1.54) is 30.4 Å². The summed E-state index contributed by atoms with van der Waals surface area (Å²) in [6.07, 6.45) is 12.1. The van der Waals surface area contributed by atoms with Crippen LogP contribution < -0.4 is 4.74 Å². The molecule has 1 saturated heterocycles. The van der Waals surface area contributed by atoms with Gasteiger partial charge in [-0.1, -0.05) is 61.7 Å². The Kier molecular flexibility index (Phi) is 4.91.